The highest BCUT2D eigenvalue weighted by Crippen LogP contribution is 2.44. The van der Waals surface area contributed by atoms with E-state index in [0.29, 0.717) is 31.7 Å². The molecular formula is C20H19N3O4. The van der Waals surface area contributed by atoms with Crippen LogP contribution in [-0.2, 0) is 15.0 Å². The first-order chi connectivity index (χ1) is 13.1. The Balaban J connectivity index is 1.40. The number of rotatable bonds is 4. The number of nitrogens with zero attached hydrogens (tertiary/aromatic N) is 2. The van der Waals surface area contributed by atoms with Crippen LogP contribution in [0.4, 0.5) is 11.4 Å². The Morgan fingerprint density at radius 3 is 2.59 bits per heavy atom. The van der Waals surface area contributed by atoms with Crippen molar-refractivity contribution in [3.05, 3.63) is 59.0 Å². The smallest absolute Gasteiger partial charge is 0.260 e. The number of carbonyl (C=O) groups excluding carboxylic acids is 2. The van der Waals surface area contributed by atoms with Gasteiger partial charge in [-0.05, 0) is 41.8 Å². The minimum absolute atomic E-state index is 0.0121. The van der Waals surface area contributed by atoms with E-state index in [1.165, 1.54) is 6.07 Å². The van der Waals surface area contributed by atoms with Crippen molar-refractivity contribution in [2.75, 3.05) is 25.0 Å². The summed E-state index contributed by atoms with van der Waals surface area (Å²) in [5.41, 5.74) is 1.50. The van der Waals surface area contributed by atoms with E-state index in [9.17, 15) is 14.5 Å². The van der Waals surface area contributed by atoms with E-state index >= 15 is 0 Å². The highest BCUT2D eigenvalue weighted by atomic mass is 16.5. The number of nitroso groups, excluding NO2 is 1. The third kappa shape index (κ3) is 2.95. The Bertz CT molecular complexity index is 904. The molecule has 2 aliphatic rings. The summed E-state index contributed by atoms with van der Waals surface area (Å²) in [5, 5.41) is 5.85. The van der Waals surface area contributed by atoms with Crippen LogP contribution < -0.4 is 10.1 Å². The molecule has 4 rings (SSSR count). The monoisotopic (exact) mass is 365 g/mol. The van der Waals surface area contributed by atoms with Gasteiger partial charge in [-0.25, -0.2) is 0 Å². The molecule has 0 atom stereocenters. The van der Waals surface area contributed by atoms with Gasteiger partial charge < -0.3 is 15.0 Å². The van der Waals surface area contributed by atoms with Crippen LogP contribution in [-0.4, -0.2) is 36.4 Å². The number of para-hydroxylation sites is 2. The predicted octanol–water partition coefficient (Wildman–Crippen LogP) is 2.98. The van der Waals surface area contributed by atoms with E-state index in [1.54, 1.807) is 23.1 Å². The van der Waals surface area contributed by atoms with E-state index in [-0.39, 0.29) is 24.1 Å². The highest BCUT2D eigenvalue weighted by Gasteiger charge is 2.48. The minimum Gasteiger partial charge on any atom is -0.481 e. The molecule has 2 heterocycles. The van der Waals surface area contributed by atoms with Crippen LogP contribution in [0.25, 0.3) is 0 Å². The van der Waals surface area contributed by atoms with Crippen molar-refractivity contribution < 1.29 is 14.3 Å². The van der Waals surface area contributed by atoms with Crippen molar-refractivity contribution >= 4 is 23.2 Å². The summed E-state index contributed by atoms with van der Waals surface area (Å²) >= 11 is 0. The summed E-state index contributed by atoms with van der Waals surface area (Å²) in [7, 11) is 0. The van der Waals surface area contributed by atoms with Crippen LogP contribution in [0.15, 0.2) is 53.7 Å². The van der Waals surface area contributed by atoms with Crippen molar-refractivity contribution in [3.8, 4) is 5.75 Å². The van der Waals surface area contributed by atoms with E-state index in [1.807, 2.05) is 24.3 Å². The maximum absolute atomic E-state index is 12.6. The summed E-state index contributed by atoms with van der Waals surface area (Å²) in [6, 6.07) is 14.3. The fourth-order valence-corrected chi connectivity index (χ4v) is 3.89. The lowest BCUT2D eigenvalue weighted by molar-refractivity contribution is -0.137. The molecule has 138 valence electrons. The number of fused-ring (bicyclic) bond motifs is 2. The Kier molecular flexibility index (Phi) is 4.35. The molecule has 0 saturated carbocycles. The van der Waals surface area contributed by atoms with Crippen molar-refractivity contribution in [2.45, 2.75) is 18.3 Å². The standard InChI is InChI=1S/C20H19N3O4/c24-18(13-27-17-8-4-3-7-16(17)22-26)23-11-9-20(10-12-23)14-5-1-2-6-15(14)21-19(20)25/h1-8H,9-13H2,(H,21,25). The third-order valence-corrected chi connectivity index (χ3v) is 5.41. The van der Waals surface area contributed by atoms with Gasteiger partial charge in [-0.2, -0.15) is 0 Å². The maximum Gasteiger partial charge on any atom is 0.260 e. The second-order valence-electron chi connectivity index (χ2n) is 6.81. The Morgan fingerprint density at radius 2 is 1.81 bits per heavy atom. The van der Waals surface area contributed by atoms with E-state index in [0.717, 1.165) is 11.3 Å². The average Bonchev–Trinajstić information content (AvgIpc) is 2.98. The topological polar surface area (TPSA) is 88.1 Å². The van der Waals surface area contributed by atoms with Crippen LogP contribution in [0.3, 0.4) is 0 Å². The third-order valence-electron chi connectivity index (χ3n) is 5.41. The van der Waals surface area contributed by atoms with Gasteiger partial charge in [0.2, 0.25) is 5.91 Å². The van der Waals surface area contributed by atoms with Gasteiger partial charge in [-0.1, -0.05) is 30.3 Å². The number of hydrogen-bond donors (Lipinski definition) is 1. The molecule has 0 aromatic heterocycles. The normalized spacial score (nSPS) is 17.3. The molecule has 2 aliphatic heterocycles. The number of anilines is 1. The van der Waals surface area contributed by atoms with Gasteiger partial charge in [0.1, 0.15) is 11.4 Å². The van der Waals surface area contributed by atoms with Crippen LogP contribution in [0.1, 0.15) is 18.4 Å². The largest absolute Gasteiger partial charge is 0.481 e. The van der Waals surface area contributed by atoms with Crippen LogP contribution >= 0.6 is 0 Å². The molecule has 2 aromatic rings. The van der Waals surface area contributed by atoms with E-state index < -0.39 is 5.41 Å². The number of carbonyl (C=O) groups is 2. The van der Waals surface area contributed by atoms with Crippen molar-refractivity contribution in [3.63, 3.8) is 0 Å². The second-order valence-corrected chi connectivity index (χ2v) is 6.81. The summed E-state index contributed by atoms with van der Waals surface area (Å²) < 4.78 is 5.47. The lowest BCUT2D eigenvalue weighted by Crippen LogP contribution is -2.49. The van der Waals surface area contributed by atoms with Crippen LogP contribution in [0.5, 0.6) is 5.75 Å². The highest BCUT2D eigenvalue weighted by molar-refractivity contribution is 6.06. The van der Waals surface area contributed by atoms with Gasteiger partial charge >= 0.3 is 0 Å². The first-order valence-electron chi connectivity index (χ1n) is 8.88. The summed E-state index contributed by atoms with van der Waals surface area (Å²) in [6.45, 7) is 0.803. The fourth-order valence-electron chi connectivity index (χ4n) is 3.89. The van der Waals surface area contributed by atoms with Gasteiger partial charge in [0.15, 0.2) is 6.61 Å². The zero-order chi connectivity index (χ0) is 18.9. The number of nitrogens with one attached hydrogen (secondary N) is 1. The molecule has 27 heavy (non-hydrogen) atoms. The zero-order valence-electron chi connectivity index (χ0n) is 14.7. The lowest BCUT2D eigenvalue weighted by atomic mass is 9.73. The molecule has 0 unspecified atom stereocenters. The van der Waals surface area contributed by atoms with Gasteiger partial charge in [0.05, 0.1) is 5.41 Å². The Hall–Kier alpha value is -3.22. The first-order valence-corrected chi connectivity index (χ1v) is 8.88. The van der Waals surface area contributed by atoms with Crippen molar-refractivity contribution in [1.29, 1.82) is 0 Å². The molecule has 7 heteroatoms. The molecule has 7 nitrogen and oxygen atoms in total. The molecule has 0 radical (unpaired) electrons. The second kappa shape index (κ2) is 6.83. The minimum atomic E-state index is -0.553. The fraction of sp³-hybridized carbons (Fsp3) is 0.300. The number of likely N-dealkylation sites (tertiary alicyclic amines) is 1. The number of amides is 2. The summed E-state index contributed by atoms with van der Waals surface area (Å²) in [5.74, 6) is 0.133. The van der Waals surface area contributed by atoms with Crippen LogP contribution in [0, 0.1) is 4.91 Å². The van der Waals surface area contributed by atoms with E-state index in [4.69, 9.17) is 4.74 Å². The van der Waals surface area contributed by atoms with Gasteiger partial charge in [0.25, 0.3) is 5.91 Å². The molecular weight excluding hydrogens is 346 g/mol. The van der Waals surface area contributed by atoms with Crippen LogP contribution in [0.2, 0.25) is 0 Å². The molecule has 2 amide bonds. The summed E-state index contributed by atoms with van der Waals surface area (Å²) in [6.07, 6.45) is 1.15. The van der Waals surface area contributed by atoms with Gasteiger partial charge in [-0.15, -0.1) is 4.91 Å². The molecule has 1 spiro atoms. The Labute approximate surface area is 156 Å². The van der Waals surface area contributed by atoms with E-state index in [2.05, 4.69) is 10.5 Å². The van der Waals surface area contributed by atoms with Crippen molar-refractivity contribution in [2.24, 2.45) is 5.18 Å². The van der Waals surface area contributed by atoms with Gasteiger partial charge in [0, 0.05) is 18.8 Å². The first kappa shape index (κ1) is 17.2. The lowest BCUT2D eigenvalue weighted by Gasteiger charge is -2.37. The molecule has 1 fully saturated rings. The molecule has 1 N–H and O–H groups in total. The SMILES string of the molecule is O=Nc1ccccc1OCC(=O)N1CCC2(CC1)C(=O)Nc1ccccc12. The van der Waals surface area contributed by atoms with Gasteiger partial charge in [-0.3, -0.25) is 9.59 Å². The van der Waals surface area contributed by atoms with Crippen molar-refractivity contribution in [1.82, 2.24) is 4.90 Å². The zero-order valence-corrected chi connectivity index (χ0v) is 14.7. The quantitative estimate of drug-likeness (QED) is 0.844. The molecule has 2 aromatic carbocycles. The average molecular weight is 365 g/mol. The summed E-state index contributed by atoms with van der Waals surface area (Å²) in [4.78, 5) is 37.6. The number of benzene rings is 2. The number of hydrogen-bond acceptors (Lipinski definition) is 5. The molecule has 0 aliphatic carbocycles. The number of ether oxygens (including phenoxy) is 1. The molecule has 1 saturated heterocycles. The Morgan fingerprint density at radius 1 is 1.11 bits per heavy atom. The molecule has 0 bridgehead atoms. The number of piperidine rings is 1. The maximum atomic E-state index is 12.6. The predicted molar refractivity (Wildman–Crippen MR) is 100.0 cm³/mol.